The first-order valence-electron chi connectivity index (χ1n) is 4.17. The summed E-state index contributed by atoms with van der Waals surface area (Å²) >= 11 is 0. The highest BCUT2D eigenvalue weighted by Crippen LogP contribution is 2.46. The summed E-state index contributed by atoms with van der Waals surface area (Å²) in [5.74, 6) is 0. The first-order chi connectivity index (χ1) is 5.68. The molecule has 0 aromatic rings. The average Bonchev–Trinajstić information content (AvgIpc) is 2.11. The molecular weight excluding hydrogens is 179 g/mol. The lowest BCUT2D eigenvalue weighted by Gasteiger charge is -2.14. The van der Waals surface area contributed by atoms with Gasteiger partial charge in [-0.3, -0.25) is 4.57 Å². The number of hydrogen-bond donors (Lipinski definition) is 1. The molecule has 0 amide bonds. The van der Waals surface area contributed by atoms with Crippen molar-refractivity contribution < 1.29 is 18.7 Å². The summed E-state index contributed by atoms with van der Waals surface area (Å²) in [5, 5.41) is 8.73. The Morgan fingerprint density at radius 2 is 1.58 bits per heavy atom. The van der Waals surface area contributed by atoms with Crippen molar-refractivity contribution in [2.24, 2.45) is 0 Å². The summed E-state index contributed by atoms with van der Waals surface area (Å²) in [6.45, 7) is 4.53. The predicted octanol–water partition coefficient (Wildman–Crippen LogP) is 1.98. The van der Waals surface area contributed by atoms with Crippen LogP contribution in [0.25, 0.3) is 0 Å². The molecule has 0 atom stereocenters. The Morgan fingerprint density at radius 3 is 1.83 bits per heavy atom. The fourth-order valence-electron chi connectivity index (χ4n) is 0.580. The molecular formula is C7H17O4P. The van der Waals surface area contributed by atoms with E-state index in [9.17, 15) is 4.57 Å². The zero-order chi connectivity index (χ0) is 9.45. The van der Waals surface area contributed by atoms with Crippen LogP contribution in [0.15, 0.2) is 0 Å². The van der Waals surface area contributed by atoms with E-state index in [1.54, 1.807) is 0 Å². The van der Waals surface area contributed by atoms with Crippen LogP contribution in [0.1, 0.15) is 26.7 Å². The molecule has 74 valence electrons. The summed E-state index contributed by atoms with van der Waals surface area (Å²) < 4.78 is 21.2. The monoisotopic (exact) mass is 196 g/mol. The Morgan fingerprint density at radius 1 is 1.17 bits per heavy atom. The van der Waals surface area contributed by atoms with Gasteiger partial charge in [-0.2, -0.15) is 0 Å². The van der Waals surface area contributed by atoms with Crippen molar-refractivity contribution in [3.8, 4) is 0 Å². The minimum absolute atomic E-state index is 0.363. The molecule has 4 nitrogen and oxygen atoms in total. The second-order valence-corrected chi connectivity index (χ2v) is 4.44. The minimum Gasteiger partial charge on any atom is -0.384 e. The molecule has 12 heavy (non-hydrogen) atoms. The number of aliphatic hydroxyl groups is 1. The molecule has 1 N–H and O–H groups in total. The third-order valence-electron chi connectivity index (χ3n) is 1.16. The lowest BCUT2D eigenvalue weighted by atomic mass is 10.5. The van der Waals surface area contributed by atoms with E-state index in [2.05, 4.69) is 0 Å². The lowest BCUT2D eigenvalue weighted by molar-refractivity contribution is 0.179. The van der Waals surface area contributed by atoms with Crippen LogP contribution in [0.5, 0.6) is 0 Å². The summed E-state index contributed by atoms with van der Waals surface area (Å²) in [4.78, 5) is 0. The third kappa shape index (κ3) is 4.88. The fraction of sp³-hybridized carbons (Fsp3) is 1.00. The van der Waals surface area contributed by atoms with Gasteiger partial charge in [-0.15, -0.1) is 0 Å². The molecule has 0 aliphatic carbocycles. The maximum atomic E-state index is 11.4. The van der Waals surface area contributed by atoms with E-state index >= 15 is 0 Å². The van der Waals surface area contributed by atoms with E-state index < -0.39 is 13.9 Å². The van der Waals surface area contributed by atoms with Crippen molar-refractivity contribution in [1.82, 2.24) is 0 Å². The maximum Gasteiger partial charge on any atom is 0.355 e. The van der Waals surface area contributed by atoms with Crippen LogP contribution in [0, 0.1) is 0 Å². The highest BCUT2D eigenvalue weighted by molar-refractivity contribution is 7.53. The molecule has 0 aliphatic rings. The van der Waals surface area contributed by atoms with Gasteiger partial charge in [0.1, 0.15) is 6.35 Å². The normalized spacial score (nSPS) is 11.9. The maximum absolute atomic E-state index is 11.4. The van der Waals surface area contributed by atoms with Crippen LogP contribution in [-0.2, 0) is 13.6 Å². The predicted molar refractivity (Wildman–Crippen MR) is 47.2 cm³/mol. The van der Waals surface area contributed by atoms with Gasteiger partial charge in [-0.25, -0.2) is 0 Å². The number of hydrogen-bond acceptors (Lipinski definition) is 4. The van der Waals surface area contributed by atoms with Gasteiger partial charge < -0.3 is 14.2 Å². The smallest absolute Gasteiger partial charge is 0.355 e. The lowest BCUT2D eigenvalue weighted by Crippen LogP contribution is -2.01. The molecule has 0 spiro atoms. The van der Waals surface area contributed by atoms with Crippen LogP contribution in [0.2, 0.25) is 0 Å². The van der Waals surface area contributed by atoms with E-state index in [1.807, 2.05) is 13.8 Å². The molecule has 0 bridgehead atoms. The van der Waals surface area contributed by atoms with E-state index in [4.69, 9.17) is 14.2 Å². The molecule has 0 radical (unpaired) electrons. The van der Waals surface area contributed by atoms with Gasteiger partial charge in [0.25, 0.3) is 0 Å². The van der Waals surface area contributed by atoms with Crippen molar-refractivity contribution in [1.29, 1.82) is 0 Å². The van der Waals surface area contributed by atoms with Crippen molar-refractivity contribution in [2.75, 3.05) is 19.6 Å². The van der Waals surface area contributed by atoms with E-state index in [-0.39, 0.29) is 0 Å². The van der Waals surface area contributed by atoms with Crippen LogP contribution in [-0.4, -0.2) is 24.7 Å². The van der Waals surface area contributed by atoms with Crippen LogP contribution in [0.3, 0.4) is 0 Å². The van der Waals surface area contributed by atoms with Gasteiger partial charge >= 0.3 is 7.60 Å². The zero-order valence-corrected chi connectivity index (χ0v) is 8.55. The van der Waals surface area contributed by atoms with Crippen molar-refractivity contribution in [2.45, 2.75) is 26.7 Å². The Balaban J connectivity index is 3.79. The minimum atomic E-state index is -3.18. The van der Waals surface area contributed by atoms with Gasteiger partial charge in [0.2, 0.25) is 0 Å². The summed E-state index contributed by atoms with van der Waals surface area (Å²) in [6, 6.07) is 0. The van der Waals surface area contributed by atoms with Crippen LogP contribution in [0.4, 0.5) is 0 Å². The number of rotatable bonds is 7. The van der Waals surface area contributed by atoms with Crippen molar-refractivity contribution >= 4 is 7.60 Å². The molecule has 0 aliphatic heterocycles. The highest BCUT2D eigenvalue weighted by Gasteiger charge is 2.22. The molecule has 0 aromatic heterocycles. The summed E-state index contributed by atoms with van der Waals surface area (Å²) in [7, 11) is -3.18. The van der Waals surface area contributed by atoms with Gasteiger partial charge in [-0.05, 0) is 12.8 Å². The van der Waals surface area contributed by atoms with E-state index in [1.165, 1.54) is 0 Å². The van der Waals surface area contributed by atoms with Gasteiger partial charge in [0.15, 0.2) is 0 Å². The Hall–Kier alpha value is 0.110. The molecule has 5 heteroatoms. The average molecular weight is 196 g/mol. The number of aliphatic hydroxyl groups excluding tert-OH is 1. The second kappa shape index (κ2) is 6.61. The van der Waals surface area contributed by atoms with Crippen LogP contribution >= 0.6 is 7.60 Å². The topological polar surface area (TPSA) is 55.8 Å². The molecule has 0 rings (SSSR count). The van der Waals surface area contributed by atoms with Crippen molar-refractivity contribution in [3.05, 3.63) is 0 Å². The summed E-state index contributed by atoms with van der Waals surface area (Å²) in [6.07, 6.45) is 0.992. The largest absolute Gasteiger partial charge is 0.384 e. The molecule has 0 aromatic carbocycles. The standard InChI is InChI=1S/C7H17O4P/c1-3-5-10-12(9,7-8)11-6-4-2/h8H,3-7H2,1-2H3. The Bertz CT molecular complexity index is 136. The Kier molecular flexibility index (Phi) is 6.67. The van der Waals surface area contributed by atoms with Crippen molar-refractivity contribution in [3.63, 3.8) is 0 Å². The third-order valence-corrected chi connectivity index (χ3v) is 2.66. The molecule has 0 unspecified atom stereocenters. The molecule has 0 saturated heterocycles. The van der Waals surface area contributed by atoms with Gasteiger partial charge in [-0.1, -0.05) is 13.8 Å². The first kappa shape index (κ1) is 12.1. The molecule has 0 saturated carbocycles. The van der Waals surface area contributed by atoms with E-state index in [0.717, 1.165) is 12.8 Å². The highest BCUT2D eigenvalue weighted by atomic mass is 31.2. The van der Waals surface area contributed by atoms with Gasteiger partial charge in [0.05, 0.1) is 13.2 Å². The SMILES string of the molecule is CCCOP(=O)(CO)OCCC. The first-order valence-corrected chi connectivity index (χ1v) is 5.90. The zero-order valence-electron chi connectivity index (χ0n) is 7.65. The molecule has 0 heterocycles. The second-order valence-electron chi connectivity index (χ2n) is 2.42. The Labute approximate surface area is 73.4 Å². The van der Waals surface area contributed by atoms with E-state index in [0.29, 0.717) is 13.2 Å². The fourth-order valence-corrected chi connectivity index (χ4v) is 1.74. The summed E-state index contributed by atoms with van der Waals surface area (Å²) in [5.41, 5.74) is 0. The quantitative estimate of drug-likeness (QED) is 0.632. The molecule has 0 fully saturated rings. The van der Waals surface area contributed by atoms with Gasteiger partial charge in [0, 0.05) is 0 Å². The van der Waals surface area contributed by atoms with Crippen LogP contribution < -0.4 is 0 Å².